The average Bonchev–Trinajstić information content (AvgIpc) is 2.88. The first kappa shape index (κ1) is 31.9. The summed E-state index contributed by atoms with van der Waals surface area (Å²) in [5.41, 5.74) is 3.03. The molecule has 0 spiro atoms. The Morgan fingerprint density at radius 1 is 0.949 bits per heavy atom. The lowest BCUT2D eigenvalue weighted by Gasteiger charge is -2.40. The van der Waals surface area contributed by atoms with E-state index in [9.17, 15) is 14.4 Å². The number of rotatable bonds is 11. The van der Waals surface area contributed by atoms with Gasteiger partial charge < -0.3 is 20.3 Å². The Bertz CT molecular complexity index is 1110. The number of hydrogen-bond donors (Lipinski definition) is 2. The van der Waals surface area contributed by atoms with Crippen LogP contribution in [0, 0.1) is 19.8 Å². The number of carbonyl (C=O) groups excluding carboxylic acids is 3. The number of nitrogens with one attached hydrogen (secondary N) is 2. The fourth-order valence-electron chi connectivity index (χ4n) is 4.51. The van der Waals surface area contributed by atoms with E-state index in [-0.39, 0.29) is 23.8 Å². The Morgan fingerprint density at radius 2 is 1.59 bits per heavy atom. The standard InChI is InChI=1S/C32H47N3O4/c1-10-22(4)27(34-31(38)39-32(7,8)9)30(37)35(24(6)11-2)28(26-18-17-21(3)19-23(26)5)29(36)33-20-25-15-13-12-14-16-25/h12-19,22,24,27-28H,10-11,20H2,1-9H3,(H,33,36)(H,34,38). The smallest absolute Gasteiger partial charge is 0.408 e. The molecule has 2 N–H and O–H groups in total. The molecule has 2 rings (SSSR count). The number of carbonyl (C=O) groups is 3. The highest BCUT2D eigenvalue weighted by Gasteiger charge is 2.40. The van der Waals surface area contributed by atoms with Crippen LogP contribution in [0.3, 0.4) is 0 Å². The lowest BCUT2D eigenvalue weighted by atomic mass is 9.92. The second kappa shape index (κ2) is 14.2. The Kier molecular flexibility index (Phi) is 11.6. The molecule has 3 amide bonds. The molecule has 0 bridgehead atoms. The molecule has 4 atom stereocenters. The van der Waals surface area contributed by atoms with Crippen molar-refractivity contribution in [3.05, 3.63) is 70.8 Å². The SMILES string of the molecule is CCC(C)C(NC(=O)OC(C)(C)C)C(=O)N(C(C)CC)C(C(=O)NCc1ccccc1)c1ccc(C)cc1C. The first-order valence-corrected chi connectivity index (χ1v) is 14.0. The predicted octanol–water partition coefficient (Wildman–Crippen LogP) is 6.23. The molecule has 0 saturated carbocycles. The van der Waals surface area contributed by atoms with E-state index in [2.05, 4.69) is 10.6 Å². The van der Waals surface area contributed by atoms with Crippen molar-refractivity contribution in [2.24, 2.45) is 5.92 Å². The van der Waals surface area contributed by atoms with Crippen LogP contribution in [0.15, 0.2) is 48.5 Å². The fraction of sp³-hybridized carbons (Fsp3) is 0.531. The van der Waals surface area contributed by atoms with Gasteiger partial charge in [-0.25, -0.2) is 4.79 Å². The van der Waals surface area contributed by atoms with Crippen molar-refractivity contribution < 1.29 is 19.1 Å². The van der Waals surface area contributed by atoms with Crippen molar-refractivity contribution in [1.29, 1.82) is 0 Å². The lowest BCUT2D eigenvalue weighted by Crippen LogP contribution is -2.57. The summed E-state index contributed by atoms with van der Waals surface area (Å²) in [4.78, 5) is 42.8. The molecule has 2 aromatic carbocycles. The predicted molar refractivity (Wildman–Crippen MR) is 156 cm³/mol. The highest BCUT2D eigenvalue weighted by molar-refractivity contribution is 5.92. The maximum absolute atomic E-state index is 14.4. The molecule has 0 fully saturated rings. The van der Waals surface area contributed by atoms with Crippen LogP contribution in [0.25, 0.3) is 0 Å². The normalized spacial score (nSPS) is 14.5. The van der Waals surface area contributed by atoms with E-state index in [1.807, 2.05) is 90.1 Å². The van der Waals surface area contributed by atoms with Crippen LogP contribution in [0.5, 0.6) is 0 Å². The van der Waals surface area contributed by atoms with E-state index in [1.165, 1.54) is 0 Å². The minimum absolute atomic E-state index is 0.177. The minimum Gasteiger partial charge on any atom is -0.444 e. The molecule has 0 heterocycles. The quantitative estimate of drug-likeness (QED) is 0.356. The van der Waals surface area contributed by atoms with Gasteiger partial charge in [0.1, 0.15) is 17.7 Å². The summed E-state index contributed by atoms with van der Waals surface area (Å²) in [7, 11) is 0. The molecule has 214 valence electrons. The minimum atomic E-state index is -0.872. The highest BCUT2D eigenvalue weighted by Crippen LogP contribution is 2.30. The lowest BCUT2D eigenvalue weighted by molar-refractivity contribution is -0.146. The molecule has 7 nitrogen and oxygen atoms in total. The molecule has 2 aromatic rings. The van der Waals surface area contributed by atoms with Gasteiger partial charge in [0.05, 0.1) is 0 Å². The van der Waals surface area contributed by atoms with E-state index in [0.717, 1.165) is 22.3 Å². The van der Waals surface area contributed by atoms with Gasteiger partial charge in [0, 0.05) is 12.6 Å². The van der Waals surface area contributed by atoms with Crippen LogP contribution in [0.4, 0.5) is 4.79 Å². The topological polar surface area (TPSA) is 87.7 Å². The number of hydrogen-bond acceptors (Lipinski definition) is 4. The van der Waals surface area contributed by atoms with Crippen LogP contribution in [0.1, 0.15) is 89.6 Å². The molecular formula is C32H47N3O4. The summed E-state index contributed by atoms with van der Waals surface area (Å²) >= 11 is 0. The first-order chi connectivity index (χ1) is 18.3. The van der Waals surface area contributed by atoms with Crippen LogP contribution in [-0.2, 0) is 20.9 Å². The second-order valence-electron chi connectivity index (χ2n) is 11.5. The summed E-state index contributed by atoms with van der Waals surface area (Å²) < 4.78 is 5.49. The largest absolute Gasteiger partial charge is 0.444 e. The Balaban J connectivity index is 2.56. The molecule has 0 saturated heterocycles. The van der Waals surface area contributed by atoms with Crippen LogP contribution < -0.4 is 10.6 Å². The third-order valence-electron chi connectivity index (χ3n) is 7.03. The Hall–Kier alpha value is -3.35. The zero-order valence-corrected chi connectivity index (χ0v) is 25.1. The summed E-state index contributed by atoms with van der Waals surface area (Å²) in [6.07, 6.45) is 0.648. The van der Waals surface area contributed by atoms with Gasteiger partial charge in [0.25, 0.3) is 0 Å². The Labute approximate surface area is 234 Å². The molecule has 0 aliphatic heterocycles. The number of aryl methyl sites for hydroxylation is 2. The van der Waals surface area contributed by atoms with Gasteiger partial charge in [0.2, 0.25) is 11.8 Å². The number of benzene rings is 2. The first-order valence-electron chi connectivity index (χ1n) is 14.0. The molecule has 0 aliphatic carbocycles. The highest BCUT2D eigenvalue weighted by atomic mass is 16.6. The molecule has 0 aromatic heterocycles. The van der Waals surface area contributed by atoms with Crippen molar-refractivity contribution in [3.8, 4) is 0 Å². The molecule has 0 aliphatic rings. The molecule has 4 unspecified atom stereocenters. The fourth-order valence-corrected chi connectivity index (χ4v) is 4.51. The van der Waals surface area contributed by atoms with Crippen molar-refractivity contribution in [3.63, 3.8) is 0 Å². The van der Waals surface area contributed by atoms with E-state index in [1.54, 1.807) is 25.7 Å². The second-order valence-corrected chi connectivity index (χ2v) is 11.5. The third-order valence-corrected chi connectivity index (χ3v) is 7.03. The van der Waals surface area contributed by atoms with Crippen LogP contribution in [-0.4, -0.2) is 40.5 Å². The van der Waals surface area contributed by atoms with E-state index in [4.69, 9.17) is 4.74 Å². The maximum atomic E-state index is 14.4. The summed E-state index contributed by atoms with van der Waals surface area (Å²) in [5, 5.41) is 5.89. The van der Waals surface area contributed by atoms with Crippen molar-refractivity contribution in [2.45, 2.75) is 105 Å². The van der Waals surface area contributed by atoms with Gasteiger partial charge in [0.15, 0.2) is 0 Å². The van der Waals surface area contributed by atoms with E-state index >= 15 is 0 Å². The van der Waals surface area contributed by atoms with Crippen molar-refractivity contribution in [2.75, 3.05) is 0 Å². The van der Waals surface area contributed by atoms with E-state index < -0.39 is 23.8 Å². The molecule has 39 heavy (non-hydrogen) atoms. The number of alkyl carbamates (subject to hydrolysis) is 1. The average molecular weight is 538 g/mol. The molecular weight excluding hydrogens is 490 g/mol. The monoisotopic (exact) mass is 537 g/mol. The molecule has 0 radical (unpaired) electrons. The van der Waals surface area contributed by atoms with Gasteiger partial charge in [-0.05, 0) is 70.6 Å². The van der Waals surface area contributed by atoms with Crippen LogP contribution >= 0.6 is 0 Å². The zero-order valence-electron chi connectivity index (χ0n) is 25.1. The molecule has 7 heteroatoms. The Morgan fingerprint density at radius 3 is 2.13 bits per heavy atom. The van der Waals surface area contributed by atoms with Gasteiger partial charge in [-0.2, -0.15) is 0 Å². The summed E-state index contributed by atoms with van der Waals surface area (Å²) in [6, 6.07) is 13.6. The number of nitrogens with zero attached hydrogens (tertiary/aromatic N) is 1. The zero-order chi connectivity index (χ0) is 29.3. The van der Waals surface area contributed by atoms with Gasteiger partial charge >= 0.3 is 6.09 Å². The maximum Gasteiger partial charge on any atom is 0.408 e. The van der Waals surface area contributed by atoms with Crippen molar-refractivity contribution in [1.82, 2.24) is 15.5 Å². The summed E-state index contributed by atoms with van der Waals surface area (Å²) in [6.45, 7) is 17.5. The van der Waals surface area contributed by atoms with Gasteiger partial charge in [-0.1, -0.05) is 81.3 Å². The van der Waals surface area contributed by atoms with Gasteiger partial charge in [-0.3, -0.25) is 9.59 Å². The van der Waals surface area contributed by atoms with Crippen LogP contribution in [0.2, 0.25) is 0 Å². The van der Waals surface area contributed by atoms with Gasteiger partial charge in [-0.15, -0.1) is 0 Å². The van der Waals surface area contributed by atoms with E-state index in [0.29, 0.717) is 19.4 Å². The number of amides is 3. The van der Waals surface area contributed by atoms with Crippen molar-refractivity contribution >= 4 is 17.9 Å². The summed E-state index contributed by atoms with van der Waals surface area (Å²) in [5.74, 6) is -0.743. The third kappa shape index (κ3) is 9.12. The number of ether oxygens (including phenoxy) is 1.